The van der Waals surface area contributed by atoms with Crippen LogP contribution in [0.1, 0.15) is 70.3 Å². The Balaban J connectivity index is 1.60. The second-order valence-electron chi connectivity index (χ2n) is 12.8. The summed E-state index contributed by atoms with van der Waals surface area (Å²) in [5.74, 6) is -0.376. The molecule has 3 heterocycles. The third-order valence-electron chi connectivity index (χ3n) is 8.04. The Morgan fingerprint density at radius 1 is 0.979 bits per heavy atom. The standard InChI is InChI=1S/C34H48N6O7/c1-6-46-33(44)39-20-18-38(19-21-39)32(43)26(15-16-29(41)47-34(2,3)4)36-31(42)27-22-28(40-17-11-10-14-25(40)23-45-5)37-30(35-27)24-12-8-7-9-13-24/h7-9,12-13,22,25-26H,6,10-11,14-21,23H2,1-5H3,(H,36,42)/t25?,26-/m0/s1. The monoisotopic (exact) mass is 652 g/mol. The molecule has 2 aromatic rings. The van der Waals surface area contributed by atoms with E-state index in [2.05, 4.69) is 15.2 Å². The van der Waals surface area contributed by atoms with Crippen LogP contribution in [0.25, 0.3) is 11.4 Å². The molecule has 2 aliphatic heterocycles. The molecule has 13 heteroatoms. The maximum atomic E-state index is 14.0. The second-order valence-corrected chi connectivity index (χ2v) is 12.8. The summed E-state index contributed by atoms with van der Waals surface area (Å²) in [6, 6.07) is 10.1. The zero-order chi connectivity index (χ0) is 34.0. The van der Waals surface area contributed by atoms with E-state index in [-0.39, 0.29) is 50.2 Å². The number of carbonyl (C=O) groups excluding carboxylic acids is 4. The summed E-state index contributed by atoms with van der Waals surface area (Å²) in [5, 5.41) is 2.87. The molecule has 0 radical (unpaired) electrons. The van der Waals surface area contributed by atoms with Crippen molar-refractivity contribution in [3.8, 4) is 11.4 Å². The number of rotatable bonds is 11. The predicted octanol–water partition coefficient (Wildman–Crippen LogP) is 3.67. The molecule has 2 aliphatic rings. The lowest BCUT2D eigenvalue weighted by atomic mass is 10.0. The highest BCUT2D eigenvalue weighted by atomic mass is 16.6. The van der Waals surface area contributed by atoms with Crippen LogP contribution in [0.3, 0.4) is 0 Å². The van der Waals surface area contributed by atoms with E-state index < -0.39 is 29.6 Å². The molecular formula is C34H48N6O7. The van der Waals surface area contributed by atoms with Gasteiger partial charge in [0, 0.05) is 57.9 Å². The first-order valence-corrected chi connectivity index (χ1v) is 16.4. The van der Waals surface area contributed by atoms with Crippen molar-refractivity contribution in [2.45, 2.75) is 77.5 Å². The zero-order valence-corrected chi connectivity index (χ0v) is 28.2. The van der Waals surface area contributed by atoms with Gasteiger partial charge in [0.1, 0.15) is 23.2 Å². The normalized spacial score (nSPS) is 17.6. The van der Waals surface area contributed by atoms with Crippen LogP contribution in [0.15, 0.2) is 36.4 Å². The largest absolute Gasteiger partial charge is 0.460 e. The van der Waals surface area contributed by atoms with E-state index in [9.17, 15) is 19.2 Å². The molecule has 1 aromatic carbocycles. The Hall–Kier alpha value is -4.26. The number of hydrogen-bond acceptors (Lipinski definition) is 10. The number of aromatic nitrogens is 2. The third-order valence-corrected chi connectivity index (χ3v) is 8.04. The average molecular weight is 653 g/mol. The van der Waals surface area contributed by atoms with E-state index in [4.69, 9.17) is 19.2 Å². The quantitative estimate of drug-likeness (QED) is 0.357. The number of ether oxygens (including phenoxy) is 3. The van der Waals surface area contributed by atoms with Crippen molar-refractivity contribution in [1.29, 1.82) is 0 Å². The fourth-order valence-corrected chi connectivity index (χ4v) is 5.77. The molecule has 0 bridgehead atoms. The Morgan fingerprint density at radius 3 is 2.34 bits per heavy atom. The van der Waals surface area contributed by atoms with E-state index in [1.165, 1.54) is 0 Å². The molecule has 13 nitrogen and oxygen atoms in total. The number of methoxy groups -OCH3 is 1. The second kappa shape index (κ2) is 16.5. The molecule has 256 valence electrons. The van der Waals surface area contributed by atoms with Gasteiger partial charge in [-0.2, -0.15) is 0 Å². The molecule has 0 saturated carbocycles. The SMILES string of the molecule is CCOC(=O)N1CCN(C(=O)[C@H](CCC(=O)OC(C)(C)C)NC(=O)c2cc(N3CCCCC3COC)nc(-c3ccccc3)n2)CC1. The summed E-state index contributed by atoms with van der Waals surface area (Å²) in [4.78, 5) is 67.4. The number of carbonyl (C=O) groups is 4. The number of piperazine rings is 1. The van der Waals surface area contributed by atoms with Crippen molar-refractivity contribution in [3.63, 3.8) is 0 Å². The fraction of sp³-hybridized carbons (Fsp3) is 0.588. The number of esters is 1. The van der Waals surface area contributed by atoms with Crippen LogP contribution in [-0.2, 0) is 23.8 Å². The predicted molar refractivity (Wildman–Crippen MR) is 176 cm³/mol. The van der Waals surface area contributed by atoms with Gasteiger partial charge < -0.3 is 34.2 Å². The Kier molecular flexibility index (Phi) is 12.5. The van der Waals surface area contributed by atoms with Crippen LogP contribution in [0, 0.1) is 0 Å². The molecule has 2 saturated heterocycles. The van der Waals surface area contributed by atoms with Gasteiger partial charge >= 0.3 is 12.1 Å². The molecule has 3 amide bonds. The van der Waals surface area contributed by atoms with E-state index in [1.54, 1.807) is 50.7 Å². The minimum absolute atomic E-state index is 0.0309. The van der Waals surface area contributed by atoms with Gasteiger partial charge in [0.25, 0.3) is 5.91 Å². The Labute approximate surface area is 276 Å². The maximum Gasteiger partial charge on any atom is 0.409 e. The van der Waals surface area contributed by atoms with Crippen molar-refractivity contribution < 1.29 is 33.4 Å². The molecule has 1 aromatic heterocycles. The van der Waals surface area contributed by atoms with E-state index in [0.29, 0.717) is 31.3 Å². The van der Waals surface area contributed by atoms with Crippen molar-refractivity contribution in [1.82, 2.24) is 25.1 Å². The first-order valence-electron chi connectivity index (χ1n) is 16.4. The van der Waals surface area contributed by atoms with Crippen LogP contribution in [0.5, 0.6) is 0 Å². The summed E-state index contributed by atoms with van der Waals surface area (Å²) >= 11 is 0. The highest BCUT2D eigenvalue weighted by Crippen LogP contribution is 2.27. The summed E-state index contributed by atoms with van der Waals surface area (Å²) in [7, 11) is 1.67. The summed E-state index contributed by atoms with van der Waals surface area (Å²) in [5.41, 5.74) is 0.169. The van der Waals surface area contributed by atoms with Crippen LogP contribution >= 0.6 is 0 Å². The van der Waals surface area contributed by atoms with Gasteiger partial charge in [-0.3, -0.25) is 14.4 Å². The average Bonchev–Trinajstić information content (AvgIpc) is 3.06. The van der Waals surface area contributed by atoms with E-state index in [1.807, 2.05) is 30.3 Å². The smallest absolute Gasteiger partial charge is 0.409 e. The molecule has 2 fully saturated rings. The number of piperidine rings is 1. The van der Waals surface area contributed by atoms with Gasteiger partial charge in [-0.15, -0.1) is 0 Å². The third kappa shape index (κ3) is 10.1. The van der Waals surface area contributed by atoms with Crippen LogP contribution in [0.2, 0.25) is 0 Å². The minimum Gasteiger partial charge on any atom is -0.460 e. The van der Waals surface area contributed by atoms with Crippen molar-refractivity contribution >= 4 is 29.7 Å². The highest BCUT2D eigenvalue weighted by Gasteiger charge is 2.32. The molecular weight excluding hydrogens is 604 g/mol. The Morgan fingerprint density at radius 2 is 1.68 bits per heavy atom. The van der Waals surface area contributed by atoms with Crippen molar-refractivity contribution in [2.75, 3.05) is 57.9 Å². The fourth-order valence-electron chi connectivity index (χ4n) is 5.77. The van der Waals surface area contributed by atoms with E-state index >= 15 is 0 Å². The number of anilines is 1. The first kappa shape index (κ1) is 35.6. The topological polar surface area (TPSA) is 144 Å². The lowest BCUT2D eigenvalue weighted by Gasteiger charge is -2.36. The lowest BCUT2D eigenvalue weighted by Crippen LogP contribution is -2.56. The van der Waals surface area contributed by atoms with Gasteiger partial charge in [-0.05, 0) is 53.4 Å². The molecule has 1 N–H and O–H groups in total. The van der Waals surface area contributed by atoms with Gasteiger partial charge in [0.05, 0.1) is 19.3 Å². The number of benzene rings is 1. The van der Waals surface area contributed by atoms with E-state index in [0.717, 1.165) is 31.4 Å². The summed E-state index contributed by atoms with van der Waals surface area (Å²) in [6.07, 6.45) is 2.52. The van der Waals surface area contributed by atoms with Crippen LogP contribution in [0.4, 0.5) is 10.6 Å². The highest BCUT2D eigenvalue weighted by molar-refractivity contribution is 5.97. The molecule has 0 spiro atoms. The van der Waals surface area contributed by atoms with Crippen molar-refractivity contribution in [3.05, 3.63) is 42.1 Å². The molecule has 4 rings (SSSR count). The van der Waals surface area contributed by atoms with Crippen LogP contribution < -0.4 is 10.2 Å². The first-order chi connectivity index (χ1) is 22.5. The lowest BCUT2D eigenvalue weighted by molar-refractivity contribution is -0.155. The summed E-state index contributed by atoms with van der Waals surface area (Å²) in [6.45, 7) is 9.73. The van der Waals surface area contributed by atoms with Gasteiger partial charge in [-0.1, -0.05) is 30.3 Å². The number of hydrogen-bond donors (Lipinski definition) is 1. The molecule has 47 heavy (non-hydrogen) atoms. The van der Waals surface area contributed by atoms with Crippen LogP contribution in [-0.4, -0.2) is 114 Å². The number of nitrogens with one attached hydrogen (secondary N) is 1. The van der Waals surface area contributed by atoms with Gasteiger partial charge in [-0.25, -0.2) is 14.8 Å². The molecule has 2 atom stereocenters. The number of amides is 3. The van der Waals surface area contributed by atoms with Crippen molar-refractivity contribution in [2.24, 2.45) is 0 Å². The summed E-state index contributed by atoms with van der Waals surface area (Å²) < 4.78 is 16.1. The number of nitrogens with zero attached hydrogens (tertiary/aromatic N) is 5. The Bertz CT molecular complexity index is 1370. The molecule has 0 aliphatic carbocycles. The van der Waals surface area contributed by atoms with Gasteiger partial charge in [0.15, 0.2) is 5.82 Å². The maximum absolute atomic E-state index is 14.0. The zero-order valence-electron chi connectivity index (χ0n) is 28.2. The van der Waals surface area contributed by atoms with Gasteiger partial charge in [0.2, 0.25) is 5.91 Å². The molecule has 1 unspecified atom stereocenters. The minimum atomic E-state index is -1.03.